The largest absolute Gasteiger partial charge is 0.452 e. The van der Waals surface area contributed by atoms with Crippen LogP contribution in [0.3, 0.4) is 0 Å². The first-order chi connectivity index (χ1) is 12.6. The molecule has 0 bridgehead atoms. The highest BCUT2D eigenvalue weighted by Gasteiger charge is 2.14. The van der Waals surface area contributed by atoms with Crippen molar-refractivity contribution in [2.24, 2.45) is 5.14 Å². The van der Waals surface area contributed by atoms with Crippen LogP contribution in [0, 0.1) is 0 Å². The van der Waals surface area contributed by atoms with Crippen molar-refractivity contribution in [2.45, 2.75) is 11.5 Å². The molecule has 2 aromatic rings. The van der Waals surface area contributed by atoms with E-state index in [2.05, 4.69) is 10.1 Å². The van der Waals surface area contributed by atoms with Gasteiger partial charge in [-0.1, -0.05) is 12.1 Å². The van der Waals surface area contributed by atoms with Crippen LogP contribution in [0.15, 0.2) is 53.4 Å². The number of amides is 1. The summed E-state index contributed by atoms with van der Waals surface area (Å²) in [7, 11) is -3.94. The van der Waals surface area contributed by atoms with Crippen LogP contribution in [0.1, 0.15) is 10.4 Å². The molecular formula is C16H14F2N2O6S. The molecule has 1 amide bonds. The van der Waals surface area contributed by atoms with Crippen molar-refractivity contribution in [3.05, 3.63) is 54.1 Å². The highest BCUT2D eigenvalue weighted by atomic mass is 32.2. The van der Waals surface area contributed by atoms with Crippen LogP contribution in [-0.4, -0.2) is 33.5 Å². The molecule has 3 N–H and O–H groups in total. The molecule has 2 aromatic carbocycles. The van der Waals surface area contributed by atoms with Gasteiger partial charge in [0, 0.05) is 5.69 Å². The Labute approximate surface area is 152 Å². The predicted molar refractivity (Wildman–Crippen MR) is 89.8 cm³/mol. The molecule has 0 spiro atoms. The summed E-state index contributed by atoms with van der Waals surface area (Å²) < 4.78 is 55.9. The molecule has 0 aliphatic rings. The molecule has 2 rings (SSSR count). The molecule has 0 aliphatic carbocycles. The van der Waals surface area contributed by atoms with Gasteiger partial charge in [0.2, 0.25) is 10.0 Å². The maximum atomic E-state index is 12.2. The Morgan fingerprint density at radius 1 is 1.11 bits per heavy atom. The zero-order chi connectivity index (χ0) is 20.0. The maximum absolute atomic E-state index is 12.2. The van der Waals surface area contributed by atoms with Crippen molar-refractivity contribution in [3.63, 3.8) is 0 Å². The lowest BCUT2D eigenvalue weighted by Crippen LogP contribution is -2.21. The Kier molecular flexibility index (Phi) is 6.42. The van der Waals surface area contributed by atoms with Gasteiger partial charge >= 0.3 is 12.6 Å². The number of carbonyl (C=O) groups excluding carboxylic acids is 2. The third-order valence-electron chi connectivity index (χ3n) is 3.08. The maximum Gasteiger partial charge on any atom is 0.387 e. The van der Waals surface area contributed by atoms with E-state index in [-0.39, 0.29) is 21.9 Å². The molecular weight excluding hydrogens is 386 g/mol. The standard InChI is InChI=1S/C16H14F2N2O6S/c17-16(18)26-12-5-1-3-10(7-12)15(22)25-9-14(21)20-11-4-2-6-13(8-11)27(19,23)24/h1-8,16H,9H2,(H,20,21)(H2,19,23,24). The number of rotatable bonds is 7. The molecule has 8 nitrogen and oxygen atoms in total. The SMILES string of the molecule is NS(=O)(=O)c1cccc(NC(=O)COC(=O)c2cccc(OC(F)F)c2)c1. The number of sulfonamides is 1. The number of esters is 1. The number of benzene rings is 2. The van der Waals surface area contributed by atoms with Gasteiger partial charge in [-0.25, -0.2) is 18.4 Å². The lowest BCUT2D eigenvalue weighted by Gasteiger charge is -2.09. The van der Waals surface area contributed by atoms with E-state index in [0.29, 0.717) is 0 Å². The minimum absolute atomic E-state index is 0.0860. The number of carbonyl (C=O) groups is 2. The number of nitrogens with one attached hydrogen (secondary N) is 1. The van der Waals surface area contributed by atoms with Crippen molar-refractivity contribution in [1.29, 1.82) is 0 Å². The van der Waals surface area contributed by atoms with Gasteiger partial charge in [-0.05, 0) is 36.4 Å². The van der Waals surface area contributed by atoms with E-state index < -0.39 is 35.1 Å². The lowest BCUT2D eigenvalue weighted by atomic mass is 10.2. The summed E-state index contributed by atoms with van der Waals surface area (Å²) in [4.78, 5) is 23.5. The molecule has 11 heteroatoms. The van der Waals surface area contributed by atoms with Crippen molar-refractivity contribution in [1.82, 2.24) is 0 Å². The average molecular weight is 400 g/mol. The van der Waals surface area contributed by atoms with Crippen LogP contribution in [0.2, 0.25) is 0 Å². The second kappa shape index (κ2) is 8.56. The fraction of sp³-hybridized carbons (Fsp3) is 0.125. The third kappa shape index (κ3) is 6.31. The summed E-state index contributed by atoms with van der Waals surface area (Å²) in [5, 5.41) is 7.33. The van der Waals surface area contributed by atoms with Crippen molar-refractivity contribution in [2.75, 3.05) is 11.9 Å². The molecule has 0 saturated carbocycles. The molecule has 0 unspecified atom stereocenters. The summed E-state index contributed by atoms with van der Waals surface area (Å²) in [5.74, 6) is -1.90. The number of nitrogens with two attached hydrogens (primary N) is 1. The smallest absolute Gasteiger partial charge is 0.387 e. The Morgan fingerprint density at radius 3 is 2.48 bits per heavy atom. The minimum Gasteiger partial charge on any atom is -0.452 e. The van der Waals surface area contributed by atoms with Gasteiger partial charge < -0.3 is 14.8 Å². The Bertz CT molecular complexity index is 949. The van der Waals surface area contributed by atoms with Gasteiger partial charge in [-0.3, -0.25) is 4.79 Å². The third-order valence-corrected chi connectivity index (χ3v) is 3.99. The summed E-state index contributed by atoms with van der Waals surface area (Å²) in [6, 6.07) is 10.1. The van der Waals surface area contributed by atoms with Crippen molar-refractivity contribution in [3.8, 4) is 5.75 Å². The fourth-order valence-corrected chi connectivity index (χ4v) is 2.52. The van der Waals surface area contributed by atoms with Crippen molar-refractivity contribution < 1.29 is 36.3 Å². The Morgan fingerprint density at radius 2 is 1.81 bits per heavy atom. The van der Waals surface area contributed by atoms with Crippen LogP contribution in [-0.2, 0) is 19.6 Å². The number of ether oxygens (including phenoxy) is 2. The highest BCUT2D eigenvalue weighted by molar-refractivity contribution is 7.89. The Balaban J connectivity index is 1.95. The fourth-order valence-electron chi connectivity index (χ4n) is 1.96. The van der Waals surface area contributed by atoms with Gasteiger partial charge in [-0.2, -0.15) is 8.78 Å². The normalized spacial score (nSPS) is 11.1. The van der Waals surface area contributed by atoms with Gasteiger partial charge in [0.25, 0.3) is 5.91 Å². The van der Waals surface area contributed by atoms with Crippen LogP contribution in [0.25, 0.3) is 0 Å². The molecule has 0 aromatic heterocycles. The summed E-state index contributed by atoms with van der Waals surface area (Å²) >= 11 is 0. The number of anilines is 1. The molecule has 144 valence electrons. The molecule has 0 saturated heterocycles. The van der Waals surface area contributed by atoms with E-state index in [1.54, 1.807) is 0 Å². The van der Waals surface area contributed by atoms with E-state index in [1.165, 1.54) is 36.4 Å². The zero-order valence-corrected chi connectivity index (χ0v) is 14.4. The average Bonchev–Trinajstić information content (AvgIpc) is 2.59. The predicted octanol–water partition coefficient (Wildman–Crippen LogP) is 1.73. The first-order valence-corrected chi connectivity index (χ1v) is 8.84. The topological polar surface area (TPSA) is 125 Å². The van der Waals surface area contributed by atoms with Crippen LogP contribution < -0.4 is 15.2 Å². The molecule has 0 atom stereocenters. The zero-order valence-electron chi connectivity index (χ0n) is 13.6. The summed E-state index contributed by atoms with van der Waals surface area (Å²) in [6.45, 7) is -3.73. The first kappa shape index (κ1) is 20.3. The quantitative estimate of drug-likeness (QED) is 0.682. The number of halogens is 2. The number of hydrogen-bond donors (Lipinski definition) is 2. The second-order valence-corrected chi connectivity index (χ2v) is 6.66. The molecule has 0 aliphatic heterocycles. The van der Waals surface area contributed by atoms with Crippen LogP contribution in [0.5, 0.6) is 5.75 Å². The molecule has 0 radical (unpaired) electrons. The second-order valence-electron chi connectivity index (χ2n) is 5.10. The highest BCUT2D eigenvalue weighted by Crippen LogP contribution is 2.17. The lowest BCUT2D eigenvalue weighted by molar-refractivity contribution is -0.119. The van der Waals surface area contributed by atoms with E-state index >= 15 is 0 Å². The minimum atomic E-state index is -3.94. The van der Waals surface area contributed by atoms with E-state index in [4.69, 9.17) is 9.88 Å². The first-order valence-electron chi connectivity index (χ1n) is 7.30. The molecule has 0 fully saturated rings. The van der Waals surface area contributed by atoms with E-state index in [0.717, 1.165) is 12.1 Å². The van der Waals surface area contributed by atoms with Crippen LogP contribution in [0.4, 0.5) is 14.5 Å². The molecule has 27 heavy (non-hydrogen) atoms. The number of hydrogen-bond acceptors (Lipinski definition) is 6. The number of alkyl halides is 2. The van der Waals surface area contributed by atoms with Gasteiger partial charge in [0.15, 0.2) is 6.61 Å². The van der Waals surface area contributed by atoms with Gasteiger partial charge in [-0.15, -0.1) is 0 Å². The van der Waals surface area contributed by atoms with Crippen LogP contribution >= 0.6 is 0 Å². The molecule has 0 heterocycles. The summed E-state index contributed by atoms with van der Waals surface area (Å²) in [6.07, 6.45) is 0. The van der Waals surface area contributed by atoms with Gasteiger partial charge in [0.05, 0.1) is 10.5 Å². The Hall–Kier alpha value is -3.05. The van der Waals surface area contributed by atoms with E-state index in [9.17, 15) is 26.8 Å². The summed E-state index contributed by atoms with van der Waals surface area (Å²) in [5.41, 5.74) is 0.0482. The monoisotopic (exact) mass is 400 g/mol. The van der Waals surface area contributed by atoms with Crippen molar-refractivity contribution >= 4 is 27.6 Å². The van der Waals surface area contributed by atoms with E-state index in [1.807, 2.05) is 0 Å². The van der Waals surface area contributed by atoms with Gasteiger partial charge in [0.1, 0.15) is 5.75 Å². The number of primary sulfonamides is 1.